The minimum Gasteiger partial charge on any atom is -0.0508 e. The number of rotatable bonds is 0. The van der Waals surface area contributed by atoms with Gasteiger partial charge < -0.3 is 0 Å². The normalized spacial score (nSPS) is 8.44. The molecule has 1 aromatic rings. The quantitative estimate of drug-likeness (QED) is 0.571. The molecule has 0 amide bonds. The van der Waals surface area contributed by atoms with Crippen LogP contribution in [0.1, 0.15) is 0 Å². The van der Waals surface area contributed by atoms with Gasteiger partial charge >= 0.3 is 5.69 Å². The van der Waals surface area contributed by atoms with E-state index in [1.54, 1.807) is 12.1 Å². The van der Waals surface area contributed by atoms with Crippen LogP contribution in [0.3, 0.4) is 0 Å². The highest BCUT2D eigenvalue weighted by atomic mass is 79.9. The fraction of sp³-hybridized carbons (Fsp3) is 0. The van der Waals surface area contributed by atoms with Crippen LogP contribution in [0.2, 0.25) is 0 Å². The van der Waals surface area contributed by atoms with Crippen molar-refractivity contribution in [1.82, 2.24) is 0 Å². The minimum atomic E-state index is 0.568. The van der Waals surface area contributed by atoms with Crippen LogP contribution < -0.4 is 0 Å². The Morgan fingerprint density at radius 3 is 2.22 bits per heavy atom. The first-order chi connectivity index (χ1) is 4.33. The van der Waals surface area contributed by atoms with Gasteiger partial charge in [0.15, 0.2) is 4.98 Å². The summed E-state index contributed by atoms with van der Waals surface area (Å²) in [5.41, 5.74) is 0.568. The molecule has 0 aliphatic heterocycles. The third-order valence-electron chi connectivity index (χ3n) is 0.942. The smallest absolute Gasteiger partial charge is 0.0508 e. The molecule has 0 saturated heterocycles. The Balaban J connectivity index is 3.06. The monoisotopic (exact) mass is 184 g/mol. The van der Waals surface area contributed by atoms with Crippen LogP contribution in [0, 0.1) is 5.39 Å². The largest absolute Gasteiger partial charge is 0.385 e. The lowest BCUT2D eigenvalue weighted by atomic mass is 10.4. The van der Waals surface area contributed by atoms with E-state index in [-0.39, 0.29) is 0 Å². The Hall–Kier alpha value is -0.880. The molecule has 1 rings (SSSR count). The molecule has 0 unspecified atom stereocenters. The van der Waals surface area contributed by atoms with E-state index in [1.807, 2.05) is 12.1 Å². The Labute approximate surface area is 61.3 Å². The third kappa shape index (κ3) is 1.51. The molecule has 0 spiro atoms. The lowest BCUT2D eigenvalue weighted by Crippen LogP contribution is -1.60. The average Bonchev–Trinajstić information content (AvgIpc) is 1.90. The maximum absolute atomic E-state index is 8.24. The van der Waals surface area contributed by atoms with Gasteiger partial charge in [-0.3, -0.25) is 0 Å². The van der Waals surface area contributed by atoms with Gasteiger partial charge in [0, 0.05) is 16.6 Å². The Bertz CT molecular complexity index is 234. The van der Waals surface area contributed by atoms with Crippen molar-refractivity contribution in [3.63, 3.8) is 0 Å². The first-order valence-electron chi connectivity index (χ1n) is 2.43. The molecule has 2 nitrogen and oxygen atoms in total. The molecule has 0 aliphatic carbocycles. The van der Waals surface area contributed by atoms with E-state index in [2.05, 4.69) is 20.9 Å². The Morgan fingerprint density at radius 2 is 1.78 bits per heavy atom. The molecule has 0 aromatic heterocycles. The van der Waals surface area contributed by atoms with E-state index in [9.17, 15) is 0 Å². The molecule has 0 radical (unpaired) electrons. The van der Waals surface area contributed by atoms with Gasteiger partial charge in [-0.2, -0.15) is 0 Å². The number of halogens is 1. The first kappa shape index (κ1) is 6.24. The number of hydrogen-bond donors (Lipinski definition) is 0. The fourth-order valence-electron chi connectivity index (χ4n) is 0.508. The molecule has 0 atom stereocenters. The maximum Gasteiger partial charge on any atom is 0.385 e. The van der Waals surface area contributed by atoms with Crippen molar-refractivity contribution in [2.45, 2.75) is 0 Å². The molecule has 3 heteroatoms. The fourth-order valence-corrected chi connectivity index (χ4v) is 0.772. The SMILES string of the molecule is N#[N+]c1cc[13c](Br)cc1. The van der Waals surface area contributed by atoms with Crippen LogP contribution in [0.15, 0.2) is 28.7 Å². The molecule has 0 saturated carbocycles. The zero-order chi connectivity index (χ0) is 6.69. The third-order valence-corrected chi connectivity index (χ3v) is 1.47. The van der Waals surface area contributed by atoms with Crippen LogP contribution >= 0.6 is 15.9 Å². The topological polar surface area (TPSA) is 28.1 Å². The van der Waals surface area contributed by atoms with E-state index in [0.29, 0.717) is 5.69 Å². The van der Waals surface area contributed by atoms with Gasteiger partial charge in [0.1, 0.15) is 0 Å². The van der Waals surface area contributed by atoms with E-state index < -0.39 is 0 Å². The molecule has 0 fully saturated rings. The first-order valence-corrected chi connectivity index (χ1v) is 3.23. The van der Waals surface area contributed by atoms with E-state index in [1.165, 1.54) is 0 Å². The maximum atomic E-state index is 8.24. The molecule has 9 heavy (non-hydrogen) atoms. The standard InChI is InChI=1S/C6H4BrN2/c7-5-1-3-6(9-8)4-2-5/h1-4H/q+1/i5+1. The van der Waals surface area contributed by atoms with Gasteiger partial charge in [-0.1, -0.05) is 15.9 Å². The van der Waals surface area contributed by atoms with Crippen molar-refractivity contribution in [3.05, 3.63) is 33.7 Å². The second kappa shape index (κ2) is 2.60. The second-order valence-corrected chi connectivity index (χ2v) is 2.49. The summed E-state index contributed by atoms with van der Waals surface area (Å²) in [7, 11) is 0. The minimum absolute atomic E-state index is 0.568. The van der Waals surface area contributed by atoms with Crippen molar-refractivity contribution in [1.29, 1.82) is 5.39 Å². The van der Waals surface area contributed by atoms with Crippen molar-refractivity contribution in [2.24, 2.45) is 0 Å². The van der Waals surface area contributed by atoms with E-state index in [0.717, 1.165) is 4.47 Å². The summed E-state index contributed by atoms with van der Waals surface area (Å²) in [6.07, 6.45) is 0. The zero-order valence-electron chi connectivity index (χ0n) is 4.58. The summed E-state index contributed by atoms with van der Waals surface area (Å²) in [4.78, 5) is 2.99. The molecule has 44 valence electrons. The lowest BCUT2D eigenvalue weighted by molar-refractivity contribution is 1.46. The summed E-state index contributed by atoms with van der Waals surface area (Å²) in [5.74, 6) is 0. The van der Waals surface area contributed by atoms with Crippen LogP contribution in [0.4, 0.5) is 5.69 Å². The van der Waals surface area contributed by atoms with Crippen LogP contribution in [0.5, 0.6) is 0 Å². The summed E-state index contributed by atoms with van der Waals surface area (Å²) in [6, 6.07) is 7.05. The van der Waals surface area contributed by atoms with Crippen molar-refractivity contribution in [3.8, 4) is 0 Å². The number of diazo groups is 1. The molecular formula is C6H4BrN2+. The van der Waals surface area contributed by atoms with E-state index >= 15 is 0 Å². The Morgan fingerprint density at radius 1 is 1.22 bits per heavy atom. The van der Waals surface area contributed by atoms with Crippen LogP contribution in [-0.4, -0.2) is 0 Å². The predicted octanol–water partition coefficient (Wildman–Crippen LogP) is 2.93. The number of benzene rings is 1. The molecular weight excluding hydrogens is 181 g/mol. The van der Waals surface area contributed by atoms with Gasteiger partial charge in [0.05, 0.1) is 0 Å². The summed E-state index contributed by atoms with van der Waals surface area (Å²) in [5, 5.41) is 8.24. The van der Waals surface area contributed by atoms with E-state index in [4.69, 9.17) is 5.39 Å². The highest BCUT2D eigenvalue weighted by Gasteiger charge is 1.99. The number of hydrogen-bond acceptors (Lipinski definition) is 1. The molecule has 0 heterocycles. The molecule has 1 aromatic carbocycles. The van der Waals surface area contributed by atoms with Gasteiger partial charge in [0.25, 0.3) is 0 Å². The number of nitrogens with zero attached hydrogens (tertiary/aromatic N) is 2. The van der Waals surface area contributed by atoms with Gasteiger partial charge in [-0.15, -0.1) is 0 Å². The zero-order valence-corrected chi connectivity index (χ0v) is 6.17. The summed E-state index contributed by atoms with van der Waals surface area (Å²) in [6.45, 7) is 0. The molecule has 0 bridgehead atoms. The van der Waals surface area contributed by atoms with Gasteiger partial charge in [0.2, 0.25) is 5.39 Å². The van der Waals surface area contributed by atoms with Crippen molar-refractivity contribution < 1.29 is 0 Å². The van der Waals surface area contributed by atoms with Gasteiger partial charge in [-0.25, -0.2) is 0 Å². The van der Waals surface area contributed by atoms with Crippen molar-refractivity contribution >= 4 is 21.6 Å². The lowest BCUT2D eigenvalue weighted by Gasteiger charge is -1.79. The highest BCUT2D eigenvalue weighted by Crippen LogP contribution is 2.15. The highest BCUT2D eigenvalue weighted by molar-refractivity contribution is 9.10. The predicted molar refractivity (Wildman–Crippen MR) is 38.9 cm³/mol. The van der Waals surface area contributed by atoms with Crippen LogP contribution in [0.25, 0.3) is 4.98 Å². The summed E-state index contributed by atoms with van der Waals surface area (Å²) >= 11 is 3.25. The molecule has 0 aliphatic rings. The van der Waals surface area contributed by atoms with Gasteiger partial charge in [-0.05, 0) is 12.1 Å². The average molecular weight is 185 g/mol. The van der Waals surface area contributed by atoms with Crippen LogP contribution in [-0.2, 0) is 0 Å². The molecule has 0 N–H and O–H groups in total. The Kier molecular flexibility index (Phi) is 1.81. The van der Waals surface area contributed by atoms with Crippen molar-refractivity contribution in [2.75, 3.05) is 0 Å². The summed E-state index contributed by atoms with van der Waals surface area (Å²) < 4.78 is 0.981. The second-order valence-electron chi connectivity index (χ2n) is 1.58.